The summed E-state index contributed by atoms with van der Waals surface area (Å²) in [5.41, 5.74) is 7.61. The molecule has 0 fully saturated rings. The Labute approximate surface area is 164 Å². The summed E-state index contributed by atoms with van der Waals surface area (Å²) in [5.74, 6) is -0.541. The van der Waals surface area contributed by atoms with Gasteiger partial charge in [0.2, 0.25) is 0 Å². The van der Waals surface area contributed by atoms with E-state index in [4.69, 9.17) is 4.74 Å². The molecule has 3 rings (SSSR count). The molecule has 0 spiro atoms. The molecule has 1 aliphatic rings. The van der Waals surface area contributed by atoms with Gasteiger partial charge in [-0.2, -0.15) is 5.10 Å². The van der Waals surface area contributed by atoms with Crippen LogP contribution in [0.15, 0.2) is 29.4 Å². The number of nitrogens with one attached hydrogen (secondary N) is 2. The Bertz CT molecular complexity index is 901. The highest BCUT2D eigenvalue weighted by molar-refractivity contribution is 5.96. The smallest absolute Gasteiger partial charge is 0.340 e. The Kier molecular flexibility index (Phi) is 6.13. The topological polar surface area (TPSA) is 86.8 Å². The number of carbonyl (C=O) groups excluding carboxylic acids is 2. The number of aromatic nitrogens is 1. The van der Waals surface area contributed by atoms with Gasteiger partial charge in [0.05, 0.1) is 30.6 Å². The summed E-state index contributed by atoms with van der Waals surface area (Å²) in [6.45, 7) is 6.83. The van der Waals surface area contributed by atoms with E-state index in [1.165, 1.54) is 11.8 Å². The second-order valence-electron chi connectivity index (χ2n) is 6.83. The van der Waals surface area contributed by atoms with Crippen molar-refractivity contribution in [3.8, 4) is 0 Å². The molecule has 0 radical (unpaired) electrons. The van der Waals surface area contributed by atoms with Crippen LogP contribution in [0, 0.1) is 13.8 Å². The summed E-state index contributed by atoms with van der Waals surface area (Å²) in [4.78, 5) is 29.5. The molecule has 0 saturated heterocycles. The lowest BCUT2D eigenvalue weighted by Gasteiger charge is -2.30. The Balaban J connectivity index is 1.62. The van der Waals surface area contributed by atoms with Gasteiger partial charge in [0.15, 0.2) is 0 Å². The minimum atomic E-state index is -0.360. The lowest BCUT2D eigenvalue weighted by Crippen LogP contribution is -2.38. The van der Waals surface area contributed by atoms with E-state index in [2.05, 4.69) is 26.5 Å². The third-order valence-electron chi connectivity index (χ3n) is 4.88. The molecular formula is C21H26N4O3. The molecule has 0 saturated carbocycles. The summed E-state index contributed by atoms with van der Waals surface area (Å²) >= 11 is 0. The van der Waals surface area contributed by atoms with E-state index in [0.717, 1.165) is 30.6 Å². The van der Waals surface area contributed by atoms with Crippen LogP contribution in [0.3, 0.4) is 0 Å². The fourth-order valence-electron chi connectivity index (χ4n) is 3.57. The summed E-state index contributed by atoms with van der Waals surface area (Å²) in [7, 11) is 0. The predicted molar refractivity (Wildman–Crippen MR) is 109 cm³/mol. The van der Waals surface area contributed by atoms with Gasteiger partial charge >= 0.3 is 5.97 Å². The number of nitrogens with zero attached hydrogens (tertiary/aromatic N) is 2. The lowest BCUT2D eigenvalue weighted by atomic mass is 10.0. The number of aryl methyl sites for hydroxylation is 2. The molecule has 1 aromatic carbocycles. The fourth-order valence-corrected chi connectivity index (χ4v) is 3.57. The summed E-state index contributed by atoms with van der Waals surface area (Å²) in [5, 5.41) is 4.05. The normalized spacial score (nSPS) is 13.5. The Morgan fingerprint density at radius 3 is 2.89 bits per heavy atom. The van der Waals surface area contributed by atoms with Gasteiger partial charge in [0.1, 0.15) is 0 Å². The van der Waals surface area contributed by atoms with Crippen molar-refractivity contribution in [3.63, 3.8) is 0 Å². The SMILES string of the molecule is CCOC(=O)c1c(C)[nH]c(/C=N/NC(=O)CN2CCCc3ccccc32)c1C. The van der Waals surface area contributed by atoms with E-state index in [1.54, 1.807) is 6.92 Å². The molecule has 2 heterocycles. The number of para-hydroxylation sites is 1. The number of ether oxygens (including phenoxy) is 1. The van der Waals surface area contributed by atoms with Gasteiger partial charge < -0.3 is 14.6 Å². The lowest BCUT2D eigenvalue weighted by molar-refractivity contribution is -0.119. The molecule has 0 atom stereocenters. The quantitative estimate of drug-likeness (QED) is 0.457. The number of esters is 1. The number of anilines is 1. The molecule has 28 heavy (non-hydrogen) atoms. The number of hydrogen-bond donors (Lipinski definition) is 2. The van der Waals surface area contributed by atoms with E-state index in [9.17, 15) is 9.59 Å². The summed E-state index contributed by atoms with van der Waals surface area (Å²) in [6, 6.07) is 8.17. The van der Waals surface area contributed by atoms with Gasteiger partial charge in [-0.3, -0.25) is 4.79 Å². The second kappa shape index (κ2) is 8.73. The number of aromatic amines is 1. The molecule has 148 valence electrons. The van der Waals surface area contributed by atoms with Crippen molar-refractivity contribution in [2.45, 2.75) is 33.6 Å². The van der Waals surface area contributed by atoms with Gasteiger partial charge in [0.25, 0.3) is 5.91 Å². The third kappa shape index (κ3) is 4.24. The Morgan fingerprint density at radius 2 is 2.11 bits per heavy atom. The van der Waals surface area contributed by atoms with Crippen molar-refractivity contribution in [2.24, 2.45) is 5.10 Å². The minimum absolute atomic E-state index is 0.181. The van der Waals surface area contributed by atoms with E-state index >= 15 is 0 Å². The number of hydrazone groups is 1. The average molecular weight is 382 g/mol. The van der Waals surface area contributed by atoms with Gasteiger partial charge in [0, 0.05) is 17.9 Å². The minimum Gasteiger partial charge on any atom is -0.462 e. The number of fused-ring (bicyclic) bond motifs is 1. The standard InChI is InChI=1S/C21H26N4O3/c1-4-28-21(27)20-14(2)17(23-15(20)3)12-22-24-19(26)13-25-11-7-9-16-8-5-6-10-18(16)25/h5-6,8,10,12,23H,4,7,9,11,13H2,1-3H3,(H,24,26)/b22-12+. The monoisotopic (exact) mass is 382 g/mol. The van der Waals surface area contributed by atoms with Crippen LogP contribution in [0.1, 0.15) is 46.2 Å². The first-order chi connectivity index (χ1) is 13.5. The summed E-state index contributed by atoms with van der Waals surface area (Å²) in [6.07, 6.45) is 3.60. The first-order valence-electron chi connectivity index (χ1n) is 9.52. The largest absolute Gasteiger partial charge is 0.462 e. The molecular weight excluding hydrogens is 356 g/mol. The van der Waals surface area contributed by atoms with Crippen LogP contribution < -0.4 is 10.3 Å². The molecule has 7 nitrogen and oxygen atoms in total. The number of amides is 1. The zero-order chi connectivity index (χ0) is 20.1. The maximum atomic E-state index is 12.3. The zero-order valence-electron chi connectivity index (χ0n) is 16.5. The molecule has 1 aliphatic heterocycles. The average Bonchev–Trinajstić information content (AvgIpc) is 2.96. The van der Waals surface area contributed by atoms with Crippen LogP contribution in [0.5, 0.6) is 0 Å². The van der Waals surface area contributed by atoms with Gasteiger partial charge in [-0.05, 0) is 50.8 Å². The first kappa shape index (κ1) is 19.7. The second-order valence-corrected chi connectivity index (χ2v) is 6.83. The molecule has 2 aromatic rings. The third-order valence-corrected chi connectivity index (χ3v) is 4.88. The molecule has 1 amide bonds. The number of hydrogen-bond acceptors (Lipinski definition) is 5. The first-order valence-corrected chi connectivity index (χ1v) is 9.52. The van der Waals surface area contributed by atoms with Gasteiger partial charge in [-0.1, -0.05) is 18.2 Å². The Hall–Kier alpha value is -3.09. The Morgan fingerprint density at radius 1 is 1.32 bits per heavy atom. The number of benzene rings is 1. The molecule has 0 bridgehead atoms. The van der Waals surface area contributed by atoms with E-state index < -0.39 is 0 Å². The van der Waals surface area contributed by atoms with Crippen molar-refractivity contribution in [2.75, 3.05) is 24.6 Å². The van der Waals surface area contributed by atoms with Crippen LogP contribution in [0.2, 0.25) is 0 Å². The summed E-state index contributed by atoms with van der Waals surface area (Å²) < 4.78 is 5.08. The van der Waals surface area contributed by atoms with Crippen molar-refractivity contribution in [1.29, 1.82) is 0 Å². The maximum absolute atomic E-state index is 12.3. The van der Waals surface area contributed by atoms with Crippen LogP contribution in [0.4, 0.5) is 5.69 Å². The number of H-pyrrole nitrogens is 1. The van der Waals surface area contributed by atoms with Crippen molar-refractivity contribution < 1.29 is 14.3 Å². The van der Waals surface area contributed by atoms with Crippen LogP contribution >= 0.6 is 0 Å². The predicted octanol–water partition coefficient (Wildman–Crippen LogP) is 2.71. The van der Waals surface area contributed by atoms with E-state index in [1.807, 2.05) is 32.0 Å². The molecule has 1 aromatic heterocycles. The zero-order valence-corrected chi connectivity index (χ0v) is 16.5. The van der Waals surface area contributed by atoms with Gasteiger partial charge in [-0.25, -0.2) is 10.2 Å². The maximum Gasteiger partial charge on any atom is 0.340 e. The molecule has 0 aliphatic carbocycles. The van der Waals surface area contributed by atoms with Crippen LogP contribution in [-0.2, 0) is 16.0 Å². The van der Waals surface area contributed by atoms with Crippen LogP contribution in [0.25, 0.3) is 0 Å². The van der Waals surface area contributed by atoms with Crippen molar-refractivity contribution in [3.05, 3.63) is 52.3 Å². The van der Waals surface area contributed by atoms with E-state index in [0.29, 0.717) is 23.6 Å². The molecule has 2 N–H and O–H groups in total. The highest BCUT2D eigenvalue weighted by atomic mass is 16.5. The number of carbonyl (C=O) groups is 2. The fraction of sp³-hybridized carbons (Fsp3) is 0.381. The van der Waals surface area contributed by atoms with Crippen LogP contribution in [-0.4, -0.2) is 42.8 Å². The van der Waals surface area contributed by atoms with Crippen molar-refractivity contribution in [1.82, 2.24) is 10.4 Å². The highest BCUT2D eigenvalue weighted by Gasteiger charge is 2.19. The molecule has 0 unspecified atom stereocenters. The van der Waals surface area contributed by atoms with Gasteiger partial charge in [-0.15, -0.1) is 0 Å². The van der Waals surface area contributed by atoms with Crippen molar-refractivity contribution >= 4 is 23.8 Å². The number of rotatable bonds is 6. The van der Waals surface area contributed by atoms with E-state index in [-0.39, 0.29) is 18.4 Å². The highest BCUT2D eigenvalue weighted by Crippen LogP contribution is 2.26. The molecule has 7 heteroatoms.